The van der Waals surface area contributed by atoms with Crippen molar-refractivity contribution in [2.24, 2.45) is 0 Å². The molecule has 5 atom stereocenters. The Bertz CT molecular complexity index is 610. The van der Waals surface area contributed by atoms with E-state index >= 15 is 0 Å². The molecule has 1 heterocycles. The van der Waals surface area contributed by atoms with E-state index in [9.17, 15) is 30.2 Å². The van der Waals surface area contributed by atoms with Crippen LogP contribution in [-0.2, 0) is 9.53 Å². The van der Waals surface area contributed by atoms with Crippen LogP contribution in [0.15, 0.2) is 24.3 Å². The van der Waals surface area contributed by atoms with Crippen LogP contribution < -0.4 is 10.1 Å². The number of nitrogens with one attached hydrogen (secondary N) is 1. The molecular weight excluding hydrogens is 324 g/mol. The van der Waals surface area contributed by atoms with Gasteiger partial charge in [0.25, 0.3) is 5.69 Å². The molecule has 1 amide bonds. The third kappa shape index (κ3) is 3.97. The number of nitrogens with zero attached hydrogens (tertiary/aromatic N) is 1. The van der Waals surface area contributed by atoms with Crippen molar-refractivity contribution in [1.29, 1.82) is 0 Å². The average molecular weight is 342 g/mol. The Labute approximate surface area is 136 Å². The number of aliphatic hydroxyl groups excluding tert-OH is 3. The van der Waals surface area contributed by atoms with Crippen molar-refractivity contribution in [3.05, 3.63) is 34.4 Å². The third-order valence-electron chi connectivity index (χ3n) is 3.53. The molecule has 1 aliphatic rings. The summed E-state index contributed by atoms with van der Waals surface area (Å²) in [6, 6.07) is 4.14. The number of benzene rings is 1. The molecule has 0 spiro atoms. The lowest BCUT2D eigenvalue weighted by atomic mass is 9.97. The number of nitro benzene ring substituents is 1. The van der Waals surface area contributed by atoms with Gasteiger partial charge in [0.2, 0.25) is 12.2 Å². The molecular formula is C14H18N2O8. The quantitative estimate of drug-likeness (QED) is 0.389. The van der Waals surface area contributed by atoms with E-state index in [1.807, 2.05) is 0 Å². The number of ether oxygens (including phenoxy) is 2. The predicted molar refractivity (Wildman–Crippen MR) is 79.1 cm³/mol. The number of carbonyl (C=O) groups is 1. The number of hydrogen-bond donors (Lipinski definition) is 4. The second kappa shape index (κ2) is 7.53. The molecule has 0 radical (unpaired) electrons. The molecule has 1 aromatic carbocycles. The van der Waals surface area contributed by atoms with Crippen molar-refractivity contribution in [3.63, 3.8) is 0 Å². The molecule has 0 bridgehead atoms. The van der Waals surface area contributed by atoms with Crippen LogP contribution in [0.5, 0.6) is 5.75 Å². The second-order valence-corrected chi connectivity index (χ2v) is 5.31. The van der Waals surface area contributed by atoms with Crippen LogP contribution >= 0.6 is 0 Å². The number of carbonyl (C=O) groups excluding carboxylic acids is 1. The predicted octanol–water partition coefficient (Wildman–Crippen LogP) is -1.08. The smallest absolute Gasteiger partial charge is 0.273 e. The van der Waals surface area contributed by atoms with E-state index in [-0.39, 0.29) is 11.4 Å². The van der Waals surface area contributed by atoms with Crippen molar-refractivity contribution in [2.75, 3.05) is 6.61 Å². The Kier molecular flexibility index (Phi) is 5.67. The van der Waals surface area contributed by atoms with Crippen LogP contribution in [0.2, 0.25) is 0 Å². The SMILES string of the molecule is CC(=O)N[C@H]1[C@H](Oc2cccc([N+](=O)[O-])c2)O[C@H](CO)[C@@H](O)[C@@H]1O. The summed E-state index contributed by atoms with van der Waals surface area (Å²) in [6.45, 7) is 0.626. The van der Waals surface area contributed by atoms with Gasteiger partial charge in [-0.1, -0.05) is 6.07 Å². The Morgan fingerprint density at radius 1 is 1.42 bits per heavy atom. The third-order valence-corrected chi connectivity index (χ3v) is 3.53. The van der Waals surface area contributed by atoms with E-state index in [2.05, 4.69) is 5.32 Å². The summed E-state index contributed by atoms with van der Waals surface area (Å²) in [7, 11) is 0. The second-order valence-electron chi connectivity index (χ2n) is 5.31. The molecule has 2 rings (SSSR count). The normalized spacial score (nSPS) is 29.8. The Morgan fingerprint density at radius 2 is 2.12 bits per heavy atom. The highest BCUT2D eigenvalue weighted by Crippen LogP contribution is 2.26. The first kappa shape index (κ1) is 18.1. The van der Waals surface area contributed by atoms with Gasteiger partial charge in [-0.3, -0.25) is 14.9 Å². The molecule has 1 aliphatic heterocycles. The Morgan fingerprint density at radius 3 is 2.71 bits per heavy atom. The van der Waals surface area contributed by atoms with E-state index in [4.69, 9.17) is 9.47 Å². The molecule has 132 valence electrons. The summed E-state index contributed by atoms with van der Waals surface area (Å²) in [5.41, 5.74) is -0.210. The zero-order valence-electron chi connectivity index (χ0n) is 12.7. The van der Waals surface area contributed by atoms with Gasteiger partial charge in [-0.15, -0.1) is 0 Å². The standard InChI is InChI=1S/C14H18N2O8/c1-7(18)15-11-13(20)12(19)10(6-17)24-14(11)23-9-4-2-3-8(5-9)16(21)22/h2-5,10-14,17,19-20H,6H2,1H3,(H,15,18)/t10-,11-,12-,13-,14-/m1/s1. The summed E-state index contributed by atoms with van der Waals surface area (Å²) < 4.78 is 10.9. The molecule has 1 fully saturated rings. The minimum Gasteiger partial charge on any atom is -0.462 e. The molecule has 24 heavy (non-hydrogen) atoms. The fraction of sp³-hybridized carbons (Fsp3) is 0.500. The number of amides is 1. The van der Waals surface area contributed by atoms with Crippen molar-refractivity contribution in [2.45, 2.75) is 37.6 Å². The molecule has 10 nitrogen and oxygen atoms in total. The van der Waals surface area contributed by atoms with Crippen molar-refractivity contribution >= 4 is 11.6 Å². The molecule has 1 aromatic rings. The monoisotopic (exact) mass is 342 g/mol. The number of rotatable bonds is 5. The zero-order valence-corrected chi connectivity index (χ0v) is 12.7. The van der Waals surface area contributed by atoms with Gasteiger partial charge >= 0.3 is 0 Å². The van der Waals surface area contributed by atoms with Crippen LogP contribution in [0.1, 0.15) is 6.92 Å². The lowest BCUT2D eigenvalue weighted by Gasteiger charge is -2.42. The fourth-order valence-corrected chi connectivity index (χ4v) is 2.38. The summed E-state index contributed by atoms with van der Waals surface area (Å²) in [4.78, 5) is 21.5. The minimum atomic E-state index is -1.46. The molecule has 0 unspecified atom stereocenters. The highest BCUT2D eigenvalue weighted by Gasteiger charge is 2.46. The van der Waals surface area contributed by atoms with E-state index in [0.29, 0.717) is 0 Å². The summed E-state index contributed by atoms with van der Waals surface area (Å²) in [5.74, 6) is -0.422. The van der Waals surface area contributed by atoms with Gasteiger partial charge in [0.1, 0.15) is 30.1 Å². The van der Waals surface area contributed by atoms with Gasteiger partial charge in [-0.25, -0.2) is 0 Å². The van der Waals surface area contributed by atoms with E-state index in [0.717, 1.165) is 6.07 Å². The number of nitro groups is 1. The first-order valence-electron chi connectivity index (χ1n) is 7.14. The molecule has 0 aromatic heterocycles. The number of non-ortho nitro benzene ring substituents is 1. The van der Waals surface area contributed by atoms with Gasteiger partial charge in [-0.05, 0) is 6.07 Å². The van der Waals surface area contributed by atoms with Crippen LogP contribution in [0, 0.1) is 10.1 Å². The van der Waals surface area contributed by atoms with Gasteiger partial charge in [0, 0.05) is 13.0 Å². The number of hydrogen-bond acceptors (Lipinski definition) is 8. The van der Waals surface area contributed by atoms with E-state index in [1.165, 1.54) is 25.1 Å². The highest BCUT2D eigenvalue weighted by atomic mass is 16.7. The van der Waals surface area contributed by atoms with Crippen molar-refractivity contribution in [1.82, 2.24) is 5.32 Å². The first-order valence-corrected chi connectivity index (χ1v) is 7.14. The van der Waals surface area contributed by atoms with Crippen LogP contribution in [0.25, 0.3) is 0 Å². The summed E-state index contributed by atoms with van der Waals surface area (Å²) in [6.07, 6.45) is -5.28. The maximum atomic E-state index is 11.3. The Balaban J connectivity index is 2.24. The van der Waals surface area contributed by atoms with Gasteiger partial charge in [0.05, 0.1) is 17.6 Å². The van der Waals surface area contributed by atoms with Crippen molar-refractivity contribution < 1.29 is 34.5 Å². The first-order chi connectivity index (χ1) is 11.3. The van der Waals surface area contributed by atoms with Gasteiger partial charge < -0.3 is 30.1 Å². The van der Waals surface area contributed by atoms with Crippen molar-refractivity contribution in [3.8, 4) is 5.75 Å². The molecule has 10 heteroatoms. The van der Waals surface area contributed by atoms with E-state index < -0.39 is 48.1 Å². The van der Waals surface area contributed by atoms with Crippen LogP contribution in [0.4, 0.5) is 5.69 Å². The Hall–Kier alpha value is -2.27. The summed E-state index contributed by atoms with van der Waals surface area (Å²) in [5, 5.41) is 42.4. The lowest BCUT2D eigenvalue weighted by Crippen LogP contribution is -2.65. The summed E-state index contributed by atoms with van der Waals surface area (Å²) >= 11 is 0. The van der Waals surface area contributed by atoms with Gasteiger partial charge in [0.15, 0.2) is 0 Å². The van der Waals surface area contributed by atoms with Gasteiger partial charge in [-0.2, -0.15) is 0 Å². The fourth-order valence-electron chi connectivity index (χ4n) is 2.38. The molecule has 0 aliphatic carbocycles. The van der Waals surface area contributed by atoms with Crippen LogP contribution in [-0.4, -0.2) is 63.4 Å². The highest BCUT2D eigenvalue weighted by molar-refractivity contribution is 5.73. The topological polar surface area (TPSA) is 151 Å². The molecule has 0 saturated carbocycles. The van der Waals surface area contributed by atoms with Crippen LogP contribution in [0.3, 0.4) is 0 Å². The molecule has 4 N–H and O–H groups in total. The maximum absolute atomic E-state index is 11.3. The zero-order chi connectivity index (χ0) is 17.9. The minimum absolute atomic E-state index is 0.0739. The largest absolute Gasteiger partial charge is 0.462 e. The molecule has 1 saturated heterocycles. The number of aliphatic hydroxyl groups is 3. The lowest BCUT2D eigenvalue weighted by molar-refractivity contribution is -0.385. The van der Waals surface area contributed by atoms with E-state index in [1.54, 1.807) is 0 Å². The average Bonchev–Trinajstić information content (AvgIpc) is 2.54. The maximum Gasteiger partial charge on any atom is 0.273 e.